The second-order valence-corrected chi connectivity index (χ2v) is 7.34. The molecule has 0 bridgehead atoms. The Labute approximate surface area is 173 Å². The Morgan fingerprint density at radius 1 is 1.03 bits per heavy atom. The molecule has 144 valence electrons. The van der Waals surface area contributed by atoms with Crippen LogP contribution in [0.25, 0.3) is 21.7 Å². The second-order valence-electron chi connectivity index (χ2n) is 6.04. The Hall–Kier alpha value is -3.16. The van der Waals surface area contributed by atoms with Gasteiger partial charge in [-0.2, -0.15) is 0 Å². The molecule has 4 aromatic rings. The van der Waals surface area contributed by atoms with Crippen molar-refractivity contribution in [2.75, 3.05) is 5.32 Å². The van der Waals surface area contributed by atoms with E-state index in [1.54, 1.807) is 29.9 Å². The zero-order chi connectivity index (χ0) is 20.4. The highest BCUT2D eigenvalue weighted by Crippen LogP contribution is 2.33. The molecule has 1 amide bonds. The first-order chi connectivity index (χ1) is 14.0. The lowest BCUT2D eigenvalue weighted by atomic mass is 10.1. The van der Waals surface area contributed by atoms with E-state index >= 15 is 0 Å². The highest BCUT2D eigenvalue weighted by Gasteiger charge is 2.17. The third-order valence-electron chi connectivity index (χ3n) is 4.17. The predicted molar refractivity (Wildman–Crippen MR) is 110 cm³/mol. The molecule has 0 unspecified atom stereocenters. The van der Waals surface area contributed by atoms with Crippen LogP contribution in [-0.4, -0.2) is 15.9 Å². The number of amides is 1. The van der Waals surface area contributed by atoms with Crippen molar-refractivity contribution in [3.63, 3.8) is 0 Å². The number of aromatic nitrogens is 2. The maximum atomic E-state index is 13.8. The van der Waals surface area contributed by atoms with E-state index in [0.717, 1.165) is 28.1 Å². The molecule has 0 aliphatic heterocycles. The number of benzene rings is 2. The van der Waals surface area contributed by atoms with Gasteiger partial charge in [0.2, 0.25) is 0 Å². The second kappa shape index (κ2) is 8.06. The van der Waals surface area contributed by atoms with E-state index in [9.17, 15) is 13.6 Å². The van der Waals surface area contributed by atoms with Gasteiger partial charge in [0.15, 0.2) is 0 Å². The minimum Gasteiger partial charge on any atom is -0.320 e. The molecule has 0 aliphatic rings. The van der Waals surface area contributed by atoms with Gasteiger partial charge in [-0.05, 0) is 42.0 Å². The molecule has 29 heavy (non-hydrogen) atoms. The number of thiazole rings is 1. The predicted octanol–water partition coefficient (Wildman–Crippen LogP) is 6.06. The van der Waals surface area contributed by atoms with Crippen LogP contribution in [-0.2, 0) is 0 Å². The minimum absolute atomic E-state index is 0.302. The Bertz CT molecular complexity index is 1160. The summed E-state index contributed by atoms with van der Waals surface area (Å²) in [6.07, 6.45) is 3.17. The van der Waals surface area contributed by atoms with Crippen LogP contribution < -0.4 is 5.32 Å². The van der Waals surface area contributed by atoms with Gasteiger partial charge >= 0.3 is 0 Å². The SMILES string of the molecule is O=C(Nc1ccc(-c2cc(-c3cncs3)ccc2Cl)nc1)c1c(F)cccc1F. The number of nitrogens with one attached hydrogen (secondary N) is 1. The Morgan fingerprint density at radius 2 is 1.83 bits per heavy atom. The number of nitrogens with zero attached hydrogens (tertiary/aromatic N) is 2. The summed E-state index contributed by atoms with van der Waals surface area (Å²) in [6, 6.07) is 12.1. The van der Waals surface area contributed by atoms with Gasteiger partial charge < -0.3 is 5.32 Å². The van der Waals surface area contributed by atoms with Crippen molar-refractivity contribution in [2.24, 2.45) is 0 Å². The van der Waals surface area contributed by atoms with E-state index in [0.29, 0.717) is 16.4 Å². The molecular formula is C21H12ClF2N3OS. The van der Waals surface area contributed by atoms with Gasteiger partial charge in [0.05, 0.1) is 28.0 Å². The van der Waals surface area contributed by atoms with Gasteiger partial charge in [0, 0.05) is 16.8 Å². The third-order valence-corrected chi connectivity index (χ3v) is 5.32. The molecule has 2 aromatic carbocycles. The number of rotatable bonds is 4. The van der Waals surface area contributed by atoms with Crippen LogP contribution >= 0.6 is 22.9 Å². The lowest BCUT2D eigenvalue weighted by Crippen LogP contribution is -2.15. The van der Waals surface area contributed by atoms with E-state index in [1.807, 2.05) is 12.1 Å². The fourth-order valence-corrected chi connectivity index (χ4v) is 3.60. The van der Waals surface area contributed by atoms with Crippen LogP contribution in [0, 0.1) is 11.6 Å². The number of hydrogen-bond acceptors (Lipinski definition) is 4. The zero-order valence-electron chi connectivity index (χ0n) is 14.7. The minimum atomic E-state index is -0.932. The quantitative estimate of drug-likeness (QED) is 0.431. The lowest BCUT2D eigenvalue weighted by molar-refractivity contribution is 0.101. The van der Waals surface area contributed by atoms with Crippen LogP contribution in [0.2, 0.25) is 5.02 Å². The van der Waals surface area contributed by atoms with Gasteiger partial charge in [-0.1, -0.05) is 23.7 Å². The molecule has 0 saturated carbocycles. The molecule has 4 rings (SSSR count). The van der Waals surface area contributed by atoms with Crippen molar-refractivity contribution >= 4 is 34.5 Å². The van der Waals surface area contributed by atoms with E-state index in [1.165, 1.54) is 23.6 Å². The summed E-state index contributed by atoms with van der Waals surface area (Å²) in [7, 11) is 0. The van der Waals surface area contributed by atoms with E-state index in [-0.39, 0.29) is 0 Å². The third kappa shape index (κ3) is 4.01. The summed E-state index contributed by atoms with van der Waals surface area (Å²) in [5, 5.41) is 2.97. The summed E-state index contributed by atoms with van der Waals surface area (Å²) in [5.74, 6) is -2.75. The molecule has 0 fully saturated rings. The van der Waals surface area contributed by atoms with Crippen molar-refractivity contribution in [3.05, 3.63) is 88.7 Å². The highest BCUT2D eigenvalue weighted by atomic mass is 35.5. The maximum Gasteiger partial charge on any atom is 0.261 e. The number of anilines is 1. The van der Waals surface area contributed by atoms with Crippen LogP contribution in [0.4, 0.5) is 14.5 Å². The van der Waals surface area contributed by atoms with Gasteiger partial charge in [-0.15, -0.1) is 11.3 Å². The largest absolute Gasteiger partial charge is 0.320 e. The number of halogens is 3. The van der Waals surface area contributed by atoms with Crippen LogP contribution in [0.3, 0.4) is 0 Å². The summed E-state index contributed by atoms with van der Waals surface area (Å²) < 4.78 is 27.5. The molecule has 2 aromatic heterocycles. The van der Waals surface area contributed by atoms with E-state index in [2.05, 4.69) is 15.3 Å². The van der Waals surface area contributed by atoms with Crippen molar-refractivity contribution < 1.29 is 13.6 Å². The molecule has 2 heterocycles. The number of carbonyl (C=O) groups is 1. The van der Waals surface area contributed by atoms with Crippen LogP contribution in [0.5, 0.6) is 0 Å². The van der Waals surface area contributed by atoms with Crippen molar-refractivity contribution in [1.29, 1.82) is 0 Å². The zero-order valence-corrected chi connectivity index (χ0v) is 16.3. The molecule has 0 radical (unpaired) electrons. The topological polar surface area (TPSA) is 54.9 Å². The molecule has 4 nitrogen and oxygen atoms in total. The van der Waals surface area contributed by atoms with Crippen LogP contribution in [0.15, 0.2) is 66.4 Å². The Morgan fingerprint density at radius 3 is 2.48 bits per heavy atom. The first-order valence-electron chi connectivity index (χ1n) is 8.43. The number of carbonyl (C=O) groups excluding carboxylic acids is 1. The first-order valence-corrected chi connectivity index (χ1v) is 9.69. The summed E-state index contributed by atoms with van der Waals surface area (Å²) in [4.78, 5) is 21.6. The van der Waals surface area contributed by atoms with Gasteiger partial charge in [0.1, 0.15) is 17.2 Å². The van der Waals surface area contributed by atoms with Crippen molar-refractivity contribution in [2.45, 2.75) is 0 Å². The maximum absolute atomic E-state index is 13.8. The fourth-order valence-electron chi connectivity index (χ4n) is 2.77. The average molecular weight is 428 g/mol. The van der Waals surface area contributed by atoms with Gasteiger partial charge in [-0.3, -0.25) is 14.8 Å². The Balaban J connectivity index is 1.59. The smallest absolute Gasteiger partial charge is 0.261 e. The fraction of sp³-hybridized carbons (Fsp3) is 0. The van der Waals surface area contributed by atoms with Crippen molar-refractivity contribution in [3.8, 4) is 21.7 Å². The van der Waals surface area contributed by atoms with E-state index < -0.39 is 23.1 Å². The normalized spacial score (nSPS) is 10.7. The standard InChI is InChI=1S/C21H12ClF2N3OS/c22-15-6-4-12(19-10-25-11-29-19)8-14(15)18-7-5-13(9-26-18)27-21(28)20-16(23)2-1-3-17(20)24/h1-11H,(H,27,28). The number of hydrogen-bond donors (Lipinski definition) is 1. The highest BCUT2D eigenvalue weighted by molar-refractivity contribution is 7.13. The molecule has 8 heteroatoms. The van der Waals surface area contributed by atoms with Crippen molar-refractivity contribution in [1.82, 2.24) is 9.97 Å². The molecule has 0 spiro atoms. The molecule has 0 aliphatic carbocycles. The molecule has 1 N–H and O–H groups in total. The van der Waals surface area contributed by atoms with E-state index in [4.69, 9.17) is 11.6 Å². The molecule has 0 saturated heterocycles. The van der Waals surface area contributed by atoms with Gasteiger partial charge in [-0.25, -0.2) is 8.78 Å². The van der Waals surface area contributed by atoms with Gasteiger partial charge in [0.25, 0.3) is 5.91 Å². The Kier molecular flexibility index (Phi) is 5.33. The number of pyridine rings is 1. The molecule has 0 atom stereocenters. The monoisotopic (exact) mass is 427 g/mol. The lowest BCUT2D eigenvalue weighted by Gasteiger charge is -2.09. The summed E-state index contributed by atoms with van der Waals surface area (Å²) >= 11 is 7.84. The molecular weight excluding hydrogens is 416 g/mol. The average Bonchev–Trinajstić information content (AvgIpc) is 3.24. The first kappa shape index (κ1) is 19.2. The summed E-state index contributed by atoms with van der Waals surface area (Å²) in [6.45, 7) is 0. The summed E-state index contributed by atoms with van der Waals surface area (Å²) in [5.41, 5.74) is 3.68. The van der Waals surface area contributed by atoms with Crippen LogP contribution in [0.1, 0.15) is 10.4 Å².